The van der Waals surface area contributed by atoms with E-state index >= 15 is 0 Å². The Morgan fingerprint density at radius 1 is 1.06 bits per heavy atom. The molecule has 168 valence electrons. The number of aliphatic imine (C=N–C) groups is 1. The number of hydrogen-bond donors (Lipinski definition) is 3. The third kappa shape index (κ3) is 7.25. The first-order valence-electron chi connectivity index (χ1n) is 10.9. The second kappa shape index (κ2) is 11.2. The van der Waals surface area contributed by atoms with E-state index in [4.69, 9.17) is 0 Å². The van der Waals surface area contributed by atoms with Gasteiger partial charge in [0.15, 0.2) is 5.96 Å². The van der Waals surface area contributed by atoms with Crippen molar-refractivity contribution in [3.63, 3.8) is 0 Å². The molecule has 3 N–H and O–H groups in total. The third-order valence-corrected chi connectivity index (χ3v) is 6.75. The van der Waals surface area contributed by atoms with Crippen molar-refractivity contribution in [2.45, 2.75) is 43.7 Å². The lowest BCUT2D eigenvalue weighted by molar-refractivity contribution is 0.581. The topological polar surface area (TPSA) is 85.8 Å². The molecule has 0 amide bonds. The maximum Gasteiger partial charge on any atom is 0.240 e. The van der Waals surface area contributed by atoms with Crippen molar-refractivity contribution < 1.29 is 8.42 Å². The standard InChI is InChI=1S/C23H33N5O2S/c1-3-28(21-8-5-4-6-9-21)17-7-16-25-23(24-2)26-18-19-10-14-22(15-11-19)31(29,30)27-20-12-13-20/h4-6,8-11,14-15,20,27H,3,7,12-13,16-18H2,1-2H3,(H2,24,25,26). The van der Waals surface area contributed by atoms with Crippen molar-refractivity contribution in [2.75, 3.05) is 31.6 Å². The summed E-state index contributed by atoms with van der Waals surface area (Å²) >= 11 is 0. The van der Waals surface area contributed by atoms with Crippen LogP contribution in [0.5, 0.6) is 0 Å². The number of nitrogens with zero attached hydrogens (tertiary/aromatic N) is 2. The van der Waals surface area contributed by atoms with Gasteiger partial charge in [-0.3, -0.25) is 4.99 Å². The van der Waals surface area contributed by atoms with Gasteiger partial charge in [0, 0.05) is 45.0 Å². The Balaban J connectivity index is 1.41. The lowest BCUT2D eigenvalue weighted by Crippen LogP contribution is -2.38. The van der Waals surface area contributed by atoms with E-state index in [1.54, 1.807) is 19.2 Å². The first-order valence-corrected chi connectivity index (χ1v) is 12.4. The van der Waals surface area contributed by atoms with Crippen LogP contribution in [0.25, 0.3) is 0 Å². The normalized spacial score (nSPS) is 14.3. The molecular formula is C23H33N5O2S. The van der Waals surface area contributed by atoms with Crippen LogP contribution in [0, 0.1) is 0 Å². The molecule has 0 radical (unpaired) electrons. The van der Waals surface area contributed by atoms with Gasteiger partial charge >= 0.3 is 0 Å². The van der Waals surface area contributed by atoms with Crippen LogP contribution in [-0.2, 0) is 16.6 Å². The molecule has 0 aliphatic heterocycles. The van der Waals surface area contributed by atoms with Gasteiger partial charge in [0.25, 0.3) is 0 Å². The van der Waals surface area contributed by atoms with Crippen molar-refractivity contribution >= 4 is 21.7 Å². The van der Waals surface area contributed by atoms with Gasteiger partial charge in [-0.25, -0.2) is 13.1 Å². The number of sulfonamides is 1. The van der Waals surface area contributed by atoms with Gasteiger partial charge in [0.2, 0.25) is 10.0 Å². The highest BCUT2D eigenvalue weighted by molar-refractivity contribution is 7.89. The highest BCUT2D eigenvalue weighted by Crippen LogP contribution is 2.22. The molecular weight excluding hydrogens is 410 g/mol. The molecule has 7 nitrogen and oxygen atoms in total. The van der Waals surface area contributed by atoms with Crippen LogP contribution < -0.4 is 20.3 Å². The summed E-state index contributed by atoms with van der Waals surface area (Å²) in [5.74, 6) is 0.731. The van der Waals surface area contributed by atoms with Gasteiger partial charge < -0.3 is 15.5 Å². The molecule has 0 bridgehead atoms. The van der Waals surface area contributed by atoms with Crippen LogP contribution in [0.4, 0.5) is 5.69 Å². The lowest BCUT2D eigenvalue weighted by Gasteiger charge is -2.23. The lowest BCUT2D eigenvalue weighted by atomic mass is 10.2. The number of nitrogens with one attached hydrogen (secondary N) is 3. The van der Waals surface area contributed by atoms with E-state index in [0.717, 1.165) is 50.4 Å². The summed E-state index contributed by atoms with van der Waals surface area (Å²) in [5.41, 5.74) is 2.24. The van der Waals surface area contributed by atoms with Gasteiger partial charge in [-0.1, -0.05) is 30.3 Å². The van der Waals surface area contributed by atoms with E-state index in [-0.39, 0.29) is 6.04 Å². The largest absolute Gasteiger partial charge is 0.372 e. The average molecular weight is 444 g/mol. The van der Waals surface area contributed by atoms with E-state index < -0.39 is 10.0 Å². The van der Waals surface area contributed by atoms with Crippen molar-refractivity contribution in [1.82, 2.24) is 15.4 Å². The maximum absolute atomic E-state index is 12.3. The molecule has 0 unspecified atom stereocenters. The van der Waals surface area contributed by atoms with Crippen LogP contribution in [0.3, 0.4) is 0 Å². The summed E-state index contributed by atoms with van der Waals surface area (Å²) in [4.78, 5) is 6.93. The minimum atomic E-state index is -3.40. The smallest absolute Gasteiger partial charge is 0.240 e. The van der Waals surface area contributed by atoms with Crippen molar-refractivity contribution in [1.29, 1.82) is 0 Å². The zero-order valence-electron chi connectivity index (χ0n) is 18.3. The molecule has 1 aliphatic rings. The SMILES string of the molecule is CCN(CCCNC(=NC)NCc1ccc(S(=O)(=O)NC2CC2)cc1)c1ccccc1. The van der Waals surface area contributed by atoms with Crippen LogP contribution in [0.1, 0.15) is 31.7 Å². The number of benzene rings is 2. The number of hydrogen-bond acceptors (Lipinski definition) is 4. The van der Waals surface area contributed by atoms with Crippen molar-refractivity contribution in [3.05, 3.63) is 60.2 Å². The molecule has 1 fully saturated rings. The first-order chi connectivity index (χ1) is 15.0. The summed E-state index contributed by atoms with van der Waals surface area (Å²) in [6.07, 6.45) is 2.84. The maximum atomic E-state index is 12.3. The van der Waals surface area contributed by atoms with Crippen LogP contribution in [0.15, 0.2) is 64.5 Å². The van der Waals surface area contributed by atoms with Crippen LogP contribution >= 0.6 is 0 Å². The number of anilines is 1. The second-order valence-electron chi connectivity index (χ2n) is 7.66. The van der Waals surface area contributed by atoms with Crippen molar-refractivity contribution in [2.24, 2.45) is 4.99 Å². The molecule has 2 aromatic rings. The van der Waals surface area contributed by atoms with E-state index in [0.29, 0.717) is 11.4 Å². The average Bonchev–Trinajstić information content (AvgIpc) is 3.60. The Morgan fingerprint density at radius 3 is 2.39 bits per heavy atom. The fraction of sp³-hybridized carbons (Fsp3) is 0.435. The molecule has 31 heavy (non-hydrogen) atoms. The van der Waals surface area contributed by atoms with Gasteiger partial charge in [-0.05, 0) is 56.0 Å². The van der Waals surface area contributed by atoms with E-state index in [1.807, 2.05) is 18.2 Å². The third-order valence-electron chi connectivity index (χ3n) is 5.22. The van der Waals surface area contributed by atoms with E-state index in [2.05, 4.69) is 56.4 Å². The minimum Gasteiger partial charge on any atom is -0.372 e. The molecule has 1 aliphatic carbocycles. The quantitative estimate of drug-likeness (QED) is 0.282. The molecule has 0 aromatic heterocycles. The number of guanidine groups is 1. The predicted molar refractivity (Wildman–Crippen MR) is 127 cm³/mol. The van der Waals surface area contributed by atoms with Gasteiger partial charge in [-0.2, -0.15) is 0 Å². The summed E-state index contributed by atoms with van der Waals surface area (Å²) < 4.78 is 27.2. The Hall–Kier alpha value is -2.58. The van der Waals surface area contributed by atoms with Gasteiger partial charge in [0.1, 0.15) is 0 Å². The molecule has 3 rings (SSSR count). The summed E-state index contributed by atoms with van der Waals surface area (Å²) in [6.45, 7) is 5.49. The number of rotatable bonds is 11. The Bertz CT molecular complexity index is 942. The Morgan fingerprint density at radius 2 is 1.77 bits per heavy atom. The van der Waals surface area contributed by atoms with E-state index in [1.165, 1.54) is 5.69 Å². The fourth-order valence-electron chi connectivity index (χ4n) is 3.27. The van der Waals surface area contributed by atoms with E-state index in [9.17, 15) is 8.42 Å². The van der Waals surface area contributed by atoms with Gasteiger partial charge in [0.05, 0.1) is 4.90 Å². The van der Waals surface area contributed by atoms with Crippen LogP contribution in [0.2, 0.25) is 0 Å². The highest BCUT2D eigenvalue weighted by Gasteiger charge is 2.27. The molecule has 1 saturated carbocycles. The second-order valence-corrected chi connectivity index (χ2v) is 9.37. The van der Waals surface area contributed by atoms with Gasteiger partial charge in [-0.15, -0.1) is 0 Å². The fourth-order valence-corrected chi connectivity index (χ4v) is 4.57. The summed E-state index contributed by atoms with van der Waals surface area (Å²) in [5, 5.41) is 6.62. The summed E-state index contributed by atoms with van der Waals surface area (Å²) in [7, 11) is -1.66. The van der Waals surface area contributed by atoms with Crippen LogP contribution in [-0.4, -0.2) is 47.1 Å². The molecule has 0 heterocycles. The highest BCUT2D eigenvalue weighted by atomic mass is 32.2. The number of para-hydroxylation sites is 1. The first kappa shape index (κ1) is 23.1. The van der Waals surface area contributed by atoms with Crippen molar-refractivity contribution in [3.8, 4) is 0 Å². The Labute approximate surface area is 186 Å². The molecule has 0 atom stereocenters. The zero-order chi connectivity index (χ0) is 22.1. The molecule has 2 aromatic carbocycles. The predicted octanol–water partition coefficient (Wildman–Crippen LogP) is 2.71. The zero-order valence-corrected chi connectivity index (χ0v) is 19.2. The molecule has 8 heteroatoms. The Kier molecular flexibility index (Phi) is 8.31. The summed E-state index contributed by atoms with van der Waals surface area (Å²) in [6, 6.07) is 17.5. The molecule has 0 saturated heterocycles. The minimum absolute atomic E-state index is 0.109. The molecule has 0 spiro atoms. The monoisotopic (exact) mass is 443 g/mol.